The molecule has 3 aromatic carbocycles. The van der Waals surface area contributed by atoms with E-state index in [0.717, 1.165) is 35.1 Å². The van der Waals surface area contributed by atoms with Crippen molar-refractivity contribution in [2.75, 3.05) is 0 Å². The van der Waals surface area contributed by atoms with Crippen LogP contribution in [0.15, 0.2) is 115 Å². The molecule has 3 heteroatoms. The smallest absolute Gasteiger partial charge is 0.127 e. The summed E-state index contributed by atoms with van der Waals surface area (Å²) >= 11 is 0. The van der Waals surface area contributed by atoms with Crippen LogP contribution in [0.1, 0.15) is 42.5 Å². The summed E-state index contributed by atoms with van der Waals surface area (Å²) in [7, 11) is 2.06. The summed E-state index contributed by atoms with van der Waals surface area (Å²) in [4.78, 5) is 0. The molecule has 0 unspecified atom stereocenters. The molecule has 38 heavy (non-hydrogen) atoms. The third kappa shape index (κ3) is 5.84. The van der Waals surface area contributed by atoms with Gasteiger partial charge in [-0.3, -0.25) is 0 Å². The first-order valence-corrected chi connectivity index (χ1v) is 13.3. The zero-order chi connectivity index (χ0) is 26.9. The Labute approximate surface area is 226 Å². The first-order chi connectivity index (χ1) is 18.7. The monoisotopic (exact) mass is 502 g/mol. The van der Waals surface area contributed by atoms with Crippen LogP contribution in [0.25, 0.3) is 22.4 Å². The summed E-state index contributed by atoms with van der Waals surface area (Å²) in [5, 5.41) is 7.67. The van der Waals surface area contributed by atoms with Gasteiger partial charge in [-0.2, -0.15) is 0 Å². The normalized spacial score (nSPS) is 13.2. The molecule has 2 aliphatic rings. The molecule has 192 valence electrons. The van der Waals surface area contributed by atoms with Crippen molar-refractivity contribution in [3.8, 4) is 11.3 Å². The molecule has 2 aliphatic carbocycles. The topological polar surface area (TPSA) is 28.8 Å². The van der Waals surface area contributed by atoms with Crippen molar-refractivity contribution in [3.63, 3.8) is 0 Å². The van der Waals surface area contributed by atoms with Gasteiger partial charge in [0, 0.05) is 25.2 Å². The summed E-state index contributed by atoms with van der Waals surface area (Å²) in [6.45, 7) is 4.00. The quantitative estimate of drug-likeness (QED) is 0.264. The lowest BCUT2D eigenvalue weighted by atomic mass is 9.95. The van der Waals surface area contributed by atoms with Crippen LogP contribution in [0.4, 0.5) is 4.39 Å². The molecule has 0 spiro atoms. The summed E-state index contributed by atoms with van der Waals surface area (Å²) in [5.74, 6) is -0.146. The minimum Gasteiger partial charge on any atom is -0.351 e. The second-order valence-corrected chi connectivity index (χ2v) is 9.08. The highest BCUT2D eigenvalue weighted by Crippen LogP contribution is 2.41. The summed E-state index contributed by atoms with van der Waals surface area (Å²) in [6.07, 6.45) is 12.0. The van der Waals surface area contributed by atoms with Crippen LogP contribution in [0, 0.1) is 11.2 Å². The van der Waals surface area contributed by atoms with E-state index in [1.54, 1.807) is 6.07 Å². The number of fused-ring (bicyclic) bond motifs is 2. The van der Waals surface area contributed by atoms with Crippen LogP contribution < -0.4 is 0 Å². The Morgan fingerprint density at radius 1 is 0.921 bits per heavy atom. The molecule has 0 saturated heterocycles. The van der Waals surface area contributed by atoms with E-state index in [0.29, 0.717) is 6.42 Å². The van der Waals surface area contributed by atoms with Gasteiger partial charge >= 0.3 is 0 Å². The number of aromatic nitrogens is 1. The molecule has 0 atom stereocenters. The van der Waals surface area contributed by atoms with E-state index in [2.05, 4.69) is 66.4 Å². The fraction of sp³-hybridized carbons (Fsp3) is 0.171. The van der Waals surface area contributed by atoms with Crippen molar-refractivity contribution in [3.05, 3.63) is 143 Å². The lowest BCUT2D eigenvalue weighted by molar-refractivity contribution is 0.612. The molecule has 1 N–H and O–H groups in total. The van der Waals surface area contributed by atoms with Crippen LogP contribution >= 0.6 is 0 Å². The maximum Gasteiger partial charge on any atom is 0.127 e. The molecule has 1 aromatic heterocycles. The van der Waals surface area contributed by atoms with E-state index in [9.17, 15) is 4.39 Å². The zero-order valence-electron chi connectivity index (χ0n) is 22.4. The number of allylic oxidation sites excluding steroid dienone is 6. The second kappa shape index (κ2) is 12.8. The number of benzene rings is 3. The molecular weight excluding hydrogens is 467 g/mol. The third-order valence-corrected chi connectivity index (χ3v) is 6.90. The van der Waals surface area contributed by atoms with Gasteiger partial charge in [0.15, 0.2) is 0 Å². The minimum atomic E-state index is -0.146. The fourth-order valence-corrected chi connectivity index (χ4v) is 5.03. The molecule has 1 heterocycles. The number of nitrogens with one attached hydrogen (secondary N) is 1. The van der Waals surface area contributed by atoms with Crippen molar-refractivity contribution in [1.82, 2.24) is 4.57 Å². The van der Waals surface area contributed by atoms with Crippen LogP contribution in [-0.2, 0) is 19.9 Å². The molecule has 0 aliphatic heterocycles. The Balaban J connectivity index is 0.000000201. The first kappa shape index (κ1) is 26.8. The molecule has 2 nitrogen and oxygen atoms in total. The van der Waals surface area contributed by atoms with Crippen LogP contribution in [0.2, 0.25) is 0 Å². The van der Waals surface area contributed by atoms with Crippen molar-refractivity contribution in [2.45, 2.75) is 33.1 Å². The van der Waals surface area contributed by atoms with E-state index in [4.69, 9.17) is 5.41 Å². The van der Waals surface area contributed by atoms with Crippen molar-refractivity contribution in [1.29, 1.82) is 5.41 Å². The average Bonchev–Trinajstić information content (AvgIpc) is 3.69. The lowest BCUT2D eigenvalue weighted by Crippen LogP contribution is -1.99. The standard InChI is InChI=1S/C22H18FN.C11H11N.C2H6/c23-22-12-11-19-18-8-4-7-16(18)13-21(19)20(22)10-9-17(14-24)15-5-2-1-3-6-15;1-12-9-5-8-11(12)10-6-3-2-4-7-10;1-2/h1-7,9,11-12,14,24H,8,10,13H2;2-9H,1H3;1-2H3/b17-9+,24-14?;;. The fourth-order valence-electron chi connectivity index (χ4n) is 5.03. The number of aryl methyl sites for hydroxylation is 1. The molecule has 0 radical (unpaired) electrons. The molecule has 0 fully saturated rings. The zero-order valence-corrected chi connectivity index (χ0v) is 22.4. The molecule has 0 amide bonds. The molecular formula is C35H35FN2. The van der Waals surface area contributed by atoms with Crippen LogP contribution in [0.5, 0.6) is 0 Å². The largest absolute Gasteiger partial charge is 0.351 e. The maximum absolute atomic E-state index is 14.5. The first-order valence-electron chi connectivity index (χ1n) is 13.3. The van der Waals surface area contributed by atoms with E-state index in [1.807, 2.05) is 62.4 Å². The van der Waals surface area contributed by atoms with Crippen molar-refractivity contribution >= 4 is 17.4 Å². The molecule has 0 bridgehead atoms. The van der Waals surface area contributed by atoms with Crippen LogP contribution in [0.3, 0.4) is 0 Å². The van der Waals surface area contributed by atoms with E-state index >= 15 is 0 Å². The van der Waals surface area contributed by atoms with Gasteiger partial charge in [0.25, 0.3) is 0 Å². The van der Waals surface area contributed by atoms with Gasteiger partial charge in [-0.05, 0) is 82.0 Å². The lowest BCUT2D eigenvalue weighted by Gasteiger charge is -2.11. The molecule has 6 rings (SSSR count). The number of halogens is 1. The minimum absolute atomic E-state index is 0.146. The Morgan fingerprint density at radius 2 is 1.63 bits per heavy atom. The molecule has 4 aromatic rings. The van der Waals surface area contributed by atoms with Gasteiger partial charge < -0.3 is 9.98 Å². The average molecular weight is 503 g/mol. The number of hydrogen-bond donors (Lipinski definition) is 1. The van der Waals surface area contributed by atoms with Crippen molar-refractivity contribution in [2.24, 2.45) is 7.05 Å². The van der Waals surface area contributed by atoms with Gasteiger partial charge in [0.05, 0.1) is 0 Å². The summed E-state index contributed by atoms with van der Waals surface area (Å²) < 4.78 is 16.6. The highest BCUT2D eigenvalue weighted by atomic mass is 19.1. The third-order valence-electron chi connectivity index (χ3n) is 6.90. The van der Waals surface area contributed by atoms with Crippen molar-refractivity contribution < 1.29 is 4.39 Å². The predicted molar refractivity (Wildman–Crippen MR) is 160 cm³/mol. The van der Waals surface area contributed by atoms with Gasteiger partial charge in [0.2, 0.25) is 0 Å². The highest BCUT2D eigenvalue weighted by molar-refractivity contribution is 6.08. The van der Waals surface area contributed by atoms with E-state index in [-0.39, 0.29) is 5.82 Å². The SMILES string of the molecule is CC.Cn1cccc1-c1ccccc1.N=C/C(=C\Cc1c(F)ccc2c1CC1=C2CC=C1)c1ccccc1. The second-order valence-electron chi connectivity index (χ2n) is 9.08. The van der Waals surface area contributed by atoms with Crippen LogP contribution in [-0.4, -0.2) is 10.8 Å². The number of rotatable bonds is 5. The summed E-state index contributed by atoms with van der Waals surface area (Å²) in [5.41, 5.74) is 10.1. The summed E-state index contributed by atoms with van der Waals surface area (Å²) in [6, 6.07) is 27.9. The Hall–Kier alpha value is -4.24. The van der Waals surface area contributed by atoms with Gasteiger partial charge in [-0.25, -0.2) is 4.39 Å². The molecule has 0 saturated carbocycles. The van der Waals surface area contributed by atoms with E-state index < -0.39 is 0 Å². The number of hydrogen-bond acceptors (Lipinski definition) is 1. The predicted octanol–water partition coefficient (Wildman–Crippen LogP) is 9.09. The maximum atomic E-state index is 14.5. The van der Waals surface area contributed by atoms with E-state index in [1.165, 1.54) is 34.2 Å². The number of nitrogens with zero attached hydrogens (tertiary/aromatic N) is 1. The van der Waals surface area contributed by atoms with Gasteiger partial charge in [0.1, 0.15) is 5.82 Å². The highest BCUT2D eigenvalue weighted by Gasteiger charge is 2.25. The Morgan fingerprint density at radius 3 is 2.29 bits per heavy atom. The van der Waals surface area contributed by atoms with Gasteiger partial charge in [-0.1, -0.05) is 98.8 Å². The Kier molecular flexibility index (Phi) is 9.05. The van der Waals surface area contributed by atoms with Gasteiger partial charge in [-0.15, -0.1) is 0 Å². The Bertz CT molecular complexity index is 1470.